The van der Waals surface area contributed by atoms with Crippen LogP contribution in [-0.4, -0.2) is 4.98 Å². The van der Waals surface area contributed by atoms with Crippen molar-refractivity contribution in [1.29, 1.82) is 5.26 Å². The second kappa shape index (κ2) is 6.98. The van der Waals surface area contributed by atoms with E-state index in [-0.39, 0.29) is 0 Å². The molecule has 0 spiro atoms. The molecule has 0 atom stereocenters. The minimum absolute atomic E-state index is 0.291. The summed E-state index contributed by atoms with van der Waals surface area (Å²) in [5, 5.41) is 10.1. The van der Waals surface area contributed by atoms with E-state index in [2.05, 4.69) is 11.1 Å². The number of aromatic nitrogens is 1. The zero-order chi connectivity index (χ0) is 19.7. The molecule has 3 nitrogen and oxygen atoms in total. The molecule has 0 aliphatic carbocycles. The van der Waals surface area contributed by atoms with E-state index in [0.29, 0.717) is 27.7 Å². The lowest BCUT2D eigenvalue weighted by Crippen LogP contribution is -2.04. The average Bonchev–Trinajstić information content (AvgIpc) is 3.32. The highest BCUT2D eigenvalue weighted by Crippen LogP contribution is 2.33. The molecular formula is C21H11F3N2OS. The van der Waals surface area contributed by atoms with Crippen LogP contribution < -0.4 is 0 Å². The van der Waals surface area contributed by atoms with Crippen molar-refractivity contribution >= 4 is 33.2 Å². The number of alkyl halides is 3. The lowest BCUT2D eigenvalue weighted by atomic mass is 10.1. The number of nitriles is 1. The number of benzene rings is 2. The van der Waals surface area contributed by atoms with Gasteiger partial charge in [-0.1, -0.05) is 24.3 Å². The van der Waals surface area contributed by atoms with Crippen LogP contribution in [0.2, 0.25) is 0 Å². The number of allylic oxidation sites excluding steroid dienone is 1. The summed E-state index contributed by atoms with van der Waals surface area (Å²) in [4.78, 5) is 4.44. The fourth-order valence-corrected chi connectivity index (χ4v) is 3.64. The molecule has 2 heterocycles. The SMILES string of the molecule is N#C/C(=C/c1ccc(-c2cccc(C(F)(F)F)c2)o1)c1nc2ccccc2s1. The number of hydrogen-bond donors (Lipinski definition) is 0. The van der Waals surface area contributed by atoms with Gasteiger partial charge in [-0.15, -0.1) is 11.3 Å². The van der Waals surface area contributed by atoms with Crippen molar-refractivity contribution in [2.24, 2.45) is 0 Å². The van der Waals surface area contributed by atoms with Crippen LogP contribution in [0.4, 0.5) is 13.2 Å². The van der Waals surface area contributed by atoms with E-state index in [4.69, 9.17) is 4.42 Å². The Morgan fingerprint density at radius 1 is 1.07 bits per heavy atom. The van der Waals surface area contributed by atoms with Gasteiger partial charge in [0.25, 0.3) is 0 Å². The van der Waals surface area contributed by atoms with Gasteiger partial charge in [0.2, 0.25) is 0 Å². The molecule has 7 heteroatoms. The molecule has 2 aromatic heterocycles. The normalized spacial score (nSPS) is 12.3. The second-order valence-corrected chi connectivity index (χ2v) is 6.97. The molecular weight excluding hydrogens is 385 g/mol. The van der Waals surface area contributed by atoms with Gasteiger partial charge in [0.15, 0.2) is 0 Å². The summed E-state index contributed by atoms with van der Waals surface area (Å²) in [6.45, 7) is 0. The van der Waals surface area contributed by atoms with Crippen molar-refractivity contribution in [2.75, 3.05) is 0 Å². The molecule has 2 aromatic carbocycles. The third-order valence-electron chi connectivity index (χ3n) is 4.03. The molecule has 138 valence electrons. The van der Waals surface area contributed by atoms with E-state index in [1.54, 1.807) is 18.2 Å². The third-order valence-corrected chi connectivity index (χ3v) is 5.10. The molecule has 0 fully saturated rings. The van der Waals surface area contributed by atoms with Crippen molar-refractivity contribution in [3.05, 3.63) is 77.0 Å². The molecule has 0 bridgehead atoms. The molecule has 28 heavy (non-hydrogen) atoms. The number of halogens is 3. The van der Waals surface area contributed by atoms with Gasteiger partial charge in [0.1, 0.15) is 22.6 Å². The first-order chi connectivity index (χ1) is 13.4. The van der Waals surface area contributed by atoms with Crippen LogP contribution in [-0.2, 0) is 6.18 Å². The average molecular weight is 396 g/mol. The molecule has 0 aliphatic heterocycles. The maximum Gasteiger partial charge on any atom is 0.416 e. The summed E-state index contributed by atoms with van der Waals surface area (Å²) in [6, 6.07) is 17.8. The minimum atomic E-state index is -4.42. The zero-order valence-corrected chi connectivity index (χ0v) is 15.0. The number of thiazole rings is 1. The number of rotatable bonds is 3. The van der Waals surface area contributed by atoms with Gasteiger partial charge in [0, 0.05) is 11.6 Å². The summed E-state index contributed by atoms with van der Waals surface area (Å²) >= 11 is 1.39. The highest BCUT2D eigenvalue weighted by atomic mass is 32.1. The van der Waals surface area contributed by atoms with E-state index >= 15 is 0 Å². The fraction of sp³-hybridized carbons (Fsp3) is 0.0476. The monoisotopic (exact) mass is 396 g/mol. The Morgan fingerprint density at radius 2 is 1.89 bits per heavy atom. The van der Waals surface area contributed by atoms with Crippen LogP contribution in [0.5, 0.6) is 0 Å². The molecule has 0 saturated carbocycles. The Morgan fingerprint density at radius 3 is 2.64 bits per heavy atom. The largest absolute Gasteiger partial charge is 0.457 e. The maximum absolute atomic E-state index is 12.9. The van der Waals surface area contributed by atoms with Gasteiger partial charge in [-0.25, -0.2) is 4.98 Å². The Hall–Kier alpha value is -3.37. The van der Waals surface area contributed by atoms with Gasteiger partial charge in [-0.3, -0.25) is 0 Å². The van der Waals surface area contributed by atoms with Crippen molar-refractivity contribution in [2.45, 2.75) is 6.18 Å². The summed E-state index contributed by atoms with van der Waals surface area (Å²) in [6.07, 6.45) is -2.89. The number of furan rings is 1. The van der Waals surface area contributed by atoms with Crippen LogP contribution >= 0.6 is 11.3 Å². The molecule has 4 aromatic rings. The second-order valence-electron chi connectivity index (χ2n) is 5.94. The third kappa shape index (κ3) is 3.55. The predicted molar refractivity (Wildman–Crippen MR) is 102 cm³/mol. The highest BCUT2D eigenvalue weighted by Gasteiger charge is 2.30. The smallest absolute Gasteiger partial charge is 0.416 e. The maximum atomic E-state index is 12.9. The number of hydrogen-bond acceptors (Lipinski definition) is 4. The van der Waals surface area contributed by atoms with Crippen LogP contribution in [0.1, 0.15) is 16.3 Å². The van der Waals surface area contributed by atoms with Crippen LogP contribution in [0.15, 0.2) is 65.1 Å². The van der Waals surface area contributed by atoms with Crippen molar-refractivity contribution < 1.29 is 17.6 Å². The first kappa shape index (κ1) is 18.0. The Balaban J connectivity index is 1.68. The Labute approximate surface area is 162 Å². The lowest BCUT2D eigenvalue weighted by Gasteiger charge is -2.07. The minimum Gasteiger partial charge on any atom is -0.457 e. The van der Waals surface area contributed by atoms with Crippen molar-refractivity contribution in [3.8, 4) is 17.4 Å². The van der Waals surface area contributed by atoms with Crippen molar-refractivity contribution in [3.63, 3.8) is 0 Å². The summed E-state index contributed by atoms with van der Waals surface area (Å²) in [5.74, 6) is 0.655. The van der Waals surface area contributed by atoms with Crippen LogP contribution in [0.3, 0.4) is 0 Å². The van der Waals surface area contributed by atoms with E-state index in [0.717, 1.165) is 22.3 Å². The van der Waals surface area contributed by atoms with E-state index in [1.807, 2.05) is 24.3 Å². The molecule has 0 amide bonds. The quantitative estimate of drug-likeness (QED) is 0.365. The molecule has 0 radical (unpaired) electrons. The van der Waals surface area contributed by atoms with E-state index in [9.17, 15) is 18.4 Å². The molecule has 0 aliphatic rings. The van der Waals surface area contributed by atoms with Gasteiger partial charge >= 0.3 is 6.18 Å². The topological polar surface area (TPSA) is 49.8 Å². The first-order valence-electron chi connectivity index (χ1n) is 8.19. The van der Waals surface area contributed by atoms with Gasteiger partial charge in [0.05, 0.1) is 21.4 Å². The van der Waals surface area contributed by atoms with Gasteiger partial charge in [-0.2, -0.15) is 18.4 Å². The molecule has 0 N–H and O–H groups in total. The number of para-hydroxylation sites is 1. The zero-order valence-electron chi connectivity index (χ0n) is 14.2. The number of nitrogens with zero attached hydrogens (tertiary/aromatic N) is 2. The number of fused-ring (bicyclic) bond motifs is 1. The summed E-state index contributed by atoms with van der Waals surface area (Å²) < 4.78 is 45.3. The predicted octanol–water partition coefficient (Wildman–Crippen LogP) is 6.64. The van der Waals surface area contributed by atoms with Crippen LogP contribution in [0, 0.1) is 11.3 Å². The summed E-state index contributed by atoms with van der Waals surface area (Å²) in [5.41, 5.74) is 0.692. The Bertz CT molecular complexity index is 1200. The molecule has 4 rings (SSSR count). The standard InChI is InChI=1S/C21H11F3N2OS/c22-21(23,24)15-5-3-4-13(10-15)18-9-8-16(27-18)11-14(12-25)20-26-17-6-1-2-7-19(17)28-20/h1-11H/b14-11-. The lowest BCUT2D eigenvalue weighted by molar-refractivity contribution is -0.137. The van der Waals surface area contributed by atoms with Crippen molar-refractivity contribution in [1.82, 2.24) is 4.98 Å². The van der Waals surface area contributed by atoms with E-state index in [1.165, 1.54) is 23.5 Å². The summed E-state index contributed by atoms with van der Waals surface area (Å²) in [7, 11) is 0. The first-order valence-corrected chi connectivity index (χ1v) is 9.01. The van der Waals surface area contributed by atoms with Crippen LogP contribution in [0.25, 0.3) is 33.2 Å². The Kier molecular flexibility index (Phi) is 4.49. The highest BCUT2D eigenvalue weighted by molar-refractivity contribution is 7.19. The van der Waals surface area contributed by atoms with Gasteiger partial charge in [-0.05, 0) is 36.4 Å². The van der Waals surface area contributed by atoms with Gasteiger partial charge < -0.3 is 4.42 Å². The molecule has 0 saturated heterocycles. The molecule has 0 unspecified atom stereocenters. The fourth-order valence-electron chi connectivity index (χ4n) is 2.71. The van der Waals surface area contributed by atoms with E-state index < -0.39 is 11.7 Å².